The van der Waals surface area contributed by atoms with Crippen LogP contribution < -0.4 is 19.7 Å². The molecule has 0 saturated heterocycles. The summed E-state index contributed by atoms with van der Waals surface area (Å²) in [5.41, 5.74) is 2.14. The number of hydrogen-bond acceptors (Lipinski definition) is 5. The highest BCUT2D eigenvalue weighted by atomic mass is 16.5. The number of rotatable bonds is 11. The predicted octanol–water partition coefficient (Wildman–Crippen LogP) is 3.81. The molecule has 1 N–H and O–H groups in total. The number of nitrogens with zero attached hydrogens (tertiary/aromatic N) is 1. The number of amides is 2. The van der Waals surface area contributed by atoms with E-state index in [1.54, 1.807) is 35.2 Å². The van der Waals surface area contributed by atoms with Gasteiger partial charge in [-0.2, -0.15) is 0 Å². The lowest BCUT2D eigenvalue weighted by molar-refractivity contribution is -0.122. The lowest BCUT2D eigenvalue weighted by Crippen LogP contribution is -2.40. The standard InChI is InChI=1S/C28H28N2O5/c31-25(19-34-23-10-5-2-6-11-23)22-13-14-26-24(18-22)30(28(33)20-35-26)17-7-12-27(32)29-16-15-21-8-3-1-4-9-21/h1-6,8-11,13-14,18H,7,12,15-17,19-20H2,(H,29,32). The number of fused-ring (bicyclic) bond motifs is 1. The third-order valence-electron chi connectivity index (χ3n) is 5.70. The van der Waals surface area contributed by atoms with Gasteiger partial charge in [-0.15, -0.1) is 0 Å². The van der Waals surface area contributed by atoms with Gasteiger partial charge in [0.15, 0.2) is 19.0 Å². The number of nitrogens with one attached hydrogen (secondary N) is 1. The highest BCUT2D eigenvalue weighted by molar-refractivity contribution is 6.02. The smallest absolute Gasteiger partial charge is 0.265 e. The van der Waals surface area contributed by atoms with Crippen LogP contribution >= 0.6 is 0 Å². The summed E-state index contributed by atoms with van der Waals surface area (Å²) in [5.74, 6) is 0.696. The maximum atomic E-state index is 12.7. The third kappa shape index (κ3) is 6.69. The zero-order valence-corrected chi connectivity index (χ0v) is 19.4. The fourth-order valence-electron chi connectivity index (χ4n) is 3.85. The molecule has 4 rings (SSSR count). The number of carbonyl (C=O) groups is 3. The Kier molecular flexibility index (Phi) is 8.12. The molecule has 0 saturated carbocycles. The Bertz CT molecular complexity index is 1160. The predicted molar refractivity (Wildman–Crippen MR) is 133 cm³/mol. The van der Waals surface area contributed by atoms with Gasteiger partial charge in [0.25, 0.3) is 5.91 Å². The molecule has 2 amide bonds. The number of para-hydroxylation sites is 1. The topological polar surface area (TPSA) is 84.9 Å². The Labute approximate surface area is 204 Å². The van der Waals surface area contributed by atoms with E-state index in [4.69, 9.17) is 9.47 Å². The normalized spacial score (nSPS) is 12.5. The largest absolute Gasteiger partial charge is 0.485 e. The van der Waals surface area contributed by atoms with E-state index in [9.17, 15) is 14.4 Å². The van der Waals surface area contributed by atoms with Crippen molar-refractivity contribution in [1.82, 2.24) is 5.32 Å². The molecule has 0 fully saturated rings. The van der Waals surface area contributed by atoms with Crippen molar-refractivity contribution in [2.75, 3.05) is 31.2 Å². The van der Waals surface area contributed by atoms with Crippen LogP contribution in [0, 0.1) is 0 Å². The van der Waals surface area contributed by atoms with E-state index in [0.717, 1.165) is 6.42 Å². The summed E-state index contributed by atoms with van der Waals surface area (Å²) in [6.45, 7) is 0.750. The summed E-state index contributed by atoms with van der Waals surface area (Å²) in [6.07, 6.45) is 1.57. The molecule has 0 spiro atoms. The van der Waals surface area contributed by atoms with Gasteiger partial charge in [-0.1, -0.05) is 48.5 Å². The van der Waals surface area contributed by atoms with Gasteiger partial charge in [-0.05, 0) is 48.7 Å². The second kappa shape index (κ2) is 11.8. The van der Waals surface area contributed by atoms with E-state index in [2.05, 4.69) is 5.32 Å². The summed E-state index contributed by atoms with van der Waals surface area (Å²) in [4.78, 5) is 39.0. The van der Waals surface area contributed by atoms with Gasteiger partial charge in [-0.25, -0.2) is 0 Å². The second-order valence-electron chi connectivity index (χ2n) is 8.23. The number of benzene rings is 3. The molecule has 0 bridgehead atoms. The lowest BCUT2D eigenvalue weighted by Gasteiger charge is -2.29. The maximum Gasteiger partial charge on any atom is 0.265 e. The average molecular weight is 473 g/mol. The van der Waals surface area contributed by atoms with E-state index in [-0.39, 0.29) is 30.8 Å². The Morgan fingerprint density at radius 1 is 0.971 bits per heavy atom. The molecule has 1 heterocycles. The number of Topliss-reactive ketones (excluding diaryl/α,β-unsaturated/α-hetero) is 1. The minimum atomic E-state index is -0.202. The minimum absolute atomic E-state index is 0.0520. The molecular formula is C28H28N2O5. The van der Waals surface area contributed by atoms with E-state index >= 15 is 0 Å². The van der Waals surface area contributed by atoms with Crippen molar-refractivity contribution < 1.29 is 23.9 Å². The van der Waals surface area contributed by atoms with E-state index in [1.165, 1.54) is 5.56 Å². The van der Waals surface area contributed by atoms with Crippen LogP contribution in [0.3, 0.4) is 0 Å². The molecule has 0 radical (unpaired) electrons. The molecule has 180 valence electrons. The molecule has 35 heavy (non-hydrogen) atoms. The molecule has 1 aliphatic rings. The number of ether oxygens (including phenoxy) is 2. The lowest BCUT2D eigenvalue weighted by atomic mass is 10.1. The van der Waals surface area contributed by atoms with Crippen LogP contribution in [0.15, 0.2) is 78.9 Å². The van der Waals surface area contributed by atoms with Crippen molar-refractivity contribution in [2.24, 2.45) is 0 Å². The average Bonchev–Trinajstić information content (AvgIpc) is 2.89. The van der Waals surface area contributed by atoms with Gasteiger partial charge < -0.3 is 19.7 Å². The van der Waals surface area contributed by atoms with E-state index < -0.39 is 0 Å². The Balaban J connectivity index is 1.30. The summed E-state index contributed by atoms with van der Waals surface area (Å²) >= 11 is 0. The van der Waals surface area contributed by atoms with Crippen LogP contribution in [-0.2, 0) is 16.0 Å². The van der Waals surface area contributed by atoms with Crippen molar-refractivity contribution in [1.29, 1.82) is 0 Å². The summed E-state index contributed by atoms with van der Waals surface area (Å²) in [6, 6.07) is 24.1. The number of carbonyl (C=O) groups excluding carboxylic acids is 3. The first-order valence-electron chi connectivity index (χ1n) is 11.7. The van der Waals surface area contributed by atoms with Gasteiger partial charge >= 0.3 is 0 Å². The molecule has 0 aliphatic carbocycles. The molecule has 0 aromatic heterocycles. The zero-order valence-electron chi connectivity index (χ0n) is 19.4. The molecule has 7 heteroatoms. The fourth-order valence-corrected chi connectivity index (χ4v) is 3.85. The summed E-state index contributed by atoms with van der Waals surface area (Å²) in [7, 11) is 0. The first-order chi connectivity index (χ1) is 17.1. The highest BCUT2D eigenvalue weighted by Crippen LogP contribution is 2.33. The zero-order chi connectivity index (χ0) is 24.5. The fraction of sp³-hybridized carbons (Fsp3) is 0.250. The first-order valence-corrected chi connectivity index (χ1v) is 11.7. The van der Waals surface area contributed by atoms with E-state index in [0.29, 0.717) is 48.7 Å². The summed E-state index contributed by atoms with van der Waals surface area (Å²) < 4.78 is 11.1. The van der Waals surface area contributed by atoms with Gasteiger partial charge in [0.1, 0.15) is 11.5 Å². The molecule has 0 unspecified atom stereocenters. The Hall–Kier alpha value is -4.13. The molecular weight excluding hydrogens is 444 g/mol. The first kappa shape index (κ1) is 24.0. The number of anilines is 1. The minimum Gasteiger partial charge on any atom is -0.485 e. The van der Waals surface area contributed by atoms with Crippen molar-refractivity contribution >= 4 is 23.3 Å². The second-order valence-corrected chi connectivity index (χ2v) is 8.23. The Morgan fingerprint density at radius 2 is 1.71 bits per heavy atom. The van der Waals surface area contributed by atoms with Crippen molar-refractivity contribution in [2.45, 2.75) is 19.3 Å². The van der Waals surface area contributed by atoms with Crippen molar-refractivity contribution in [3.8, 4) is 11.5 Å². The van der Waals surface area contributed by atoms with Crippen molar-refractivity contribution in [3.05, 3.63) is 90.0 Å². The molecule has 0 atom stereocenters. The van der Waals surface area contributed by atoms with Gasteiger partial charge in [0, 0.05) is 25.1 Å². The van der Waals surface area contributed by atoms with Gasteiger partial charge in [-0.3, -0.25) is 14.4 Å². The maximum absolute atomic E-state index is 12.7. The molecule has 1 aliphatic heterocycles. The van der Waals surface area contributed by atoms with Gasteiger partial charge in [0.05, 0.1) is 5.69 Å². The van der Waals surface area contributed by atoms with E-state index in [1.807, 2.05) is 48.5 Å². The van der Waals surface area contributed by atoms with Crippen LogP contribution in [0.4, 0.5) is 5.69 Å². The molecule has 3 aromatic carbocycles. The third-order valence-corrected chi connectivity index (χ3v) is 5.70. The monoisotopic (exact) mass is 472 g/mol. The van der Waals surface area contributed by atoms with Gasteiger partial charge in [0.2, 0.25) is 5.91 Å². The van der Waals surface area contributed by atoms with Crippen LogP contribution in [0.2, 0.25) is 0 Å². The number of hydrogen-bond donors (Lipinski definition) is 1. The van der Waals surface area contributed by atoms with Crippen LogP contribution in [0.25, 0.3) is 0 Å². The summed E-state index contributed by atoms with van der Waals surface area (Å²) in [5, 5.41) is 2.93. The highest BCUT2D eigenvalue weighted by Gasteiger charge is 2.26. The Morgan fingerprint density at radius 3 is 2.49 bits per heavy atom. The van der Waals surface area contributed by atoms with Crippen LogP contribution in [-0.4, -0.2) is 43.9 Å². The number of ketones is 1. The quantitative estimate of drug-likeness (QED) is 0.429. The molecule has 3 aromatic rings. The SMILES string of the molecule is O=C(CCCN1C(=O)COc2ccc(C(=O)COc3ccccc3)cc21)NCCc1ccccc1. The molecule has 7 nitrogen and oxygen atoms in total. The van der Waals surface area contributed by atoms with Crippen LogP contribution in [0.1, 0.15) is 28.8 Å². The van der Waals surface area contributed by atoms with Crippen molar-refractivity contribution in [3.63, 3.8) is 0 Å². The van der Waals surface area contributed by atoms with Crippen LogP contribution in [0.5, 0.6) is 11.5 Å².